The van der Waals surface area contributed by atoms with Crippen LogP contribution in [0.5, 0.6) is 11.5 Å². The lowest BCUT2D eigenvalue weighted by atomic mass is 9.88. The Kier molecular flexibility index (Phi) is 6.24. The van der Waals surface area contributed by atoms with Crippen molar-refractivity contribution in [1.29, 1.82) is 0 Å². The van der Waals surface area contributed by atoms with Crippen LogP contribution in [0.3, 0.4) is 0 Å². The molecule has 1 fully saturated rings. The molecule has 2 heterocycles. The normalized spacial score (nSPS) is 21.1. The van der Waals surface area contributed by atoms with Crippen LogP contribution in [0.4, 0.5) is 0 Å². The van der Waals surface area contributed by atoms with E-state index in [9.17, 15) is 4.79 Å². The van der Waals surface area contributed by atoms with E-state index in [0.29, 0.717) is 0 Å². The number of nitrogens with one attached hydrogen (secondary N) is 1. The van der Waals surface area contributed by atoms with Crippen molar-refractivity contribution in [2.75, 3.05) is 20.2 Å². The van der Waals surface area contributed by atoms with Gasteiger partial charge in [0.05, 0.1) is 13.2 Å². The van der Waals surface area contributed by atoms with Crippen LogP contribution < -0.4 is 14.8 Å². The van der Waals surface area contributed by atoms with E-state index >= 15 is 0 Å². The van der Waals surface area contributed by atoms with Crippen molar-refractivity contribution in [3.05, 3.63) is 59.2 Å². The fraction of sp³-hybridized carbons (Fsp3) is 0.500. The molecule has 0 bridgehead atoms. The maximum Gasteiger partial charge on any atom is 0.223 e. The molecule has 2 aromatic carbocycles. The van der Waals surface area contributed by atoms with Crippen LogP contribution >= 0.6 is 0 Å². The minimum Gasteiger partial charge on any atom is -0.497 e. The number of rotatable bonds is 5. The molecule has 0 radical (unpaired) electrons. The van der Waals surface area contributed by atoms with Gasteiger partial charge in [0.25, 0.3) is 0 Å². The number of likely N-dealkylation sites (tertiary alicyclic amines) is 1. The lowest BCUT2D eigenvalue weighted by Gasteiger charge is -2.39. The Morgan fingerprint density at radius 3 is 2.68 bits per heavy atom. The van der Waals surface area contributed by atoms with E-state index in [1.165, 1.54) is 11.1 Å². The van der Waals surface area contributed by atoms with Gasteiger partial charge in [-0.15, -0.1) is 0 Å². The molecule has 1 saturated heterocycles. The summed E-state index contributed by atoms with van der Waals surface area (Å²) in [5.74, 6) is 1.83. The van der Waals surface area contributed by atoms with Gasteiger partial charge in [-0.2, -0.15) is 0 Å². The van der Waals surface area contributed by atoms with Gasteiger partial charge in [0, 0.05) is 24.4 Å². The second-order valence-corrected chi connectivity index (χ2v) is 9.57. The maximum atomic E-state index is 13.1. The number of benzene rings is 2. The van der Waals surface area contributed by atoms with E-state index in [-0.39, 0.29) is 23.5 Å². The van der Waals surface area contributed by atoms with Gasteiger partial charge in [-0.05, 0) is 70.5 Å². The number of amides is 1. The van der Waals surface area contributed by atoms with Gasteiger partial charge in [0.1, 0.15) is 17.1 Å². The topological polar surface area (TPSA) is 50.8 Å². The number of piperidine rings is 1. The molecule has 0 saturated carbocycles. The lowest BCUT2D eigenvalue weighted by molar-refractivity contribution is -0.127. The van der Waals surface area contributed by atoms with Gasteiger partial charge in [0.15, 0.2) is 0 Å². The average molecular weight is 423 g/mol. The van der Waals surface area contributed by atoms with E-state index in [1.807, 2.05) is 18.2 Å². The summed E-state index contributed by atoms with van der Waals surface area (Å²) in [7, 11) is 1.66. The fourth-order valence-electron chi connectivity index (χ4n) is 4.80. The molecule has 0 aromatic heterocycles. The molecule has 166 valence electrons. The minimum absolute atomic E-state index is 0.0633. The van der Waals surface area contributed by atoms with Gasteiger partial charge in [-0.25, -0.2) is 0 Å². The van der Waals surface area contributed by atoms with Gasteiger partial charge >= 0.3 is 0 Å². The van der Waals surface area contributed by atoms with Crippen molar-refractivity contribution in [1.82, 2.24) is 10.2 Å². The van der Waals surface area contributed by atoms with E-state index in [0.717, 1.165) is 56.0 Å². The second kappa shape index (κ2) is 8.91. The Hall–Kier alpha value is -2.53. The Bertz CT molecular complexity index is 932. The number of methoxy groups -OCH3 is 1. The third kappa shape index (κ3) is 5.21. The Balaban J connectivity index is 1.38. The SMILES string of the molecule is COc1ccc2c(c1)[C@H](NC(=O)C1CCN(Cc3cccc(C)c3)CC1)CC(C)(C)O2. The molecule has 1 amide bonds. The standard InChI is InChI=1S/C26H34N2O3/c1-18-6-5-7-19(14-18)17-28-12-10-20(11-13-28)25(29)27-23-16-26(2,3)31-24-9-8-21(30-4)15-22(23)24/h5-9,14-15,20,23H,10-13,16-17H2,1-4H3,(H,27,29)/t23-/m1/s1. The zero-order valence-electron chi connectivity index (χ0n) is 19.1. The molecule has 1 atom stereocenters. The van der Waals surface area contributed by atoms with Gasteiger partial charge < -0.3 is 14.8 Å². The molecule has 31 heavy (non-hydrogen) atoms. The predicted molar refractivity (Wildman–Crippen MR) is 122 cm³/mol. The third-order valence-corrected chi connectivity index (χ3v) is 6.44. The fourth-order valence-corrected chi connectivity index (χ4v) is 4.80. The molecule has 2 aliphatic heterocycles. The first-order valence-electron chi connectivity index (χ1n) is 11.3. The first kappa shape index (κ1) is 21.7. The molecule has 0 aliphatic carbocycles. The Morgan fingerprint density at radius 2 is 1.97 bits per heavy atom. The summed E-state index contributed by atoms with van der Waals surface area (Å²) < 4.78 is 11.5. The van der Waals surface area contributed by atoms with Crippen LogP contribution in [0.1, 0.15) is 55.8 Å². The van der Waals surface area contributed by atoms with E-state index in [2.05, 4.69) is 55.3 Å². The molecule has 2 aromatic rings. The number of hydrogen-bond acceptors (Lipinski definition) is 4. The van der Waals surface area contributed by atoms with Crippen LogP contribution in [-0.4, -0.2) is 36.6 Å². The van der Waals surface area contributed by atoms with Crippen molar-refractivity contribution in [2.45, 2.75) is 58.2 Å². The van der Waals surface area contributed by atoms with Crippen molar-refractivity contribution < 1.29 is 14.3 Å². The van der Waals surface area contributed by atoms with Gasteiger partial charge in [-0.1, -0.05) is 29.8 Å². The summed E-state index contributed by atoms with van der Waals surface area (Å²) in [6.07, 6.45) is 2.54. The van der Waals surface area contributed by atoms with Gasteiger partial charge in [-0.3, -0.25) is 9.69 Å². The molecular weight excluding hydrogens is 388 g/mol. The number of fused-ring (bicyclic) bond motifs is 1. The highest BCUT2D eigenvalue weighted by Gasteiger charge is 2.36. The molecule has 2 aliphatic rings. The maximum absolute atomic E-state index is 13.1. The number of ether oxygens (including phenoxy) is 2. The number of carbonyl (C=O) groups excluding carboxylic acids is 1. The average Bonchev–Trinajstić information content (AvgIpc) is 2.73. The molecule has 0 spiro atoms. The second-order valence-electron chi connectivity index (χ2n) is 9.57. The van der Waals surface area contributed by atoms with Crippen molar-refractivity contribution in [2.24, 2.45) is 5.92 Å². The molecule has 1 N–H and O–H groups in total. The lowest BCUT2D eigenvalue weighted by Crippen LogP contribution is -2.45. The third-order valence-electron chi connectivity index (χ3n) is 6.44. The predicted octanol–water partition coefficient (Wildman–Crippen LogP) is 4.63. The summed E-state index contributed by atoms with van der Waals surface area (Å²) >= 11 is 0. The van der Waals surface area contributed by atoms with Crippen LogP contribution in [0, 0.1) is 12.8 Å². The molecule has 4 rings (SSSR count). The van der Waals surface area contributed by atoms with Crippen molar-refractivity contribution in [3.63, 3.8) is 0 Å². The first-order chi connectivity index (χ1) is 14.8. The number of aryl methyl sites for hydroxylation is 1. The minimum atomic E-state index is -0.323. The number of carbonyl (C=O) groups is 1. The van der Waals surface area contributed by atoms with E-state index in [1.54, 1.807) is 7.11 Å². The largest absolute Gasteiger partial charge is 0.497 e. The van der Waals surface area contributed by atoms with E-state index < -0.39 is 0 Å². The Labute approximate surface area is 185 Å². The molecular formula is C26H34N2O3. The van der Waals surface area contributed by atoms with Crippen LogP contribution in [0.15, 0.2) is 42.5 Å². The molecule has 5 nitrogen and oxygen atoms in total. The first-order valence-corrected chi connectivity index (χ1v) is 11.3. The van der Waals surface area contributed by atoms with Crippen molar-refractivity contribution >= 4 is 5.91 Å². The smallest absolute Gasteiger partial charge is 0.223 e. The highest BCUT2D eigenvalue weighted by Crippen LogP contribution is 2.41. The number of nitrogens with zero attached hydrogens (tertiary/aromatic N) is 1. The van der Waals surface area contributed by atoms with Crippen molar-refractivity contribution in [3.8, 4) is 11.5 Å². The summed E-state index contributed by atoms with van der Waals surface area (Å²) in [5.41, 5.74) is 3.32. The zero-order chi connectivity index (χ0) is 22.0. The quantitative estimate of drug-likeness (QED) is 0.763. The monoisotopic (exact) mass is 422 g/mol. The summed E-state index contributed by atoms with van der Waals surface area (Å²) in [5, 5.41) is 3.33. The molecule has 5 heteroatoms. The van der Waals surface area contributed by atoms with Gasteiger partial charge in [0.2, 0.25) is 5.91 Å². The highest BCUT2D eigenvalue weighted by atomic mass is 16.5. The Morgan fingerprint density at radius 1 is 1.19 bits per heavy atom. The number of hydrogen-bond donors (Lipinski definition) is 1. The summed E-state index contributed by atoms with van der Waals surface area (Å²) in [4.78, 5) is 15.6. The zero-order valence-corrected chi connectivity index (χ0v) is 19.1. The van der Waals surface area contributed by atoms with Crippen LogP contribution in [0.2, 0.25) is 0 Å². The highest BCUT2D eigenvalue weighted by molar-refractivity contribution is 5.79. The molecule has 0 unspecified atom stereocenters. The van der Waals surface area contributed by atoms with Crippen LogP contribution in [-0.2, 0) is 11.3 Å². The van der Waals surface area contributed by atoms with Crippen LogP contribution in [0.25, 0.3) is 0 Å². The summed E-state index contributed by atoms with van der Waals surface area (Å²) in [6, 6.07) is 14.5. The summed E-state index contributed by atoms with van der Waals surface area (Å²) in [6.45, 7) is 9.14. The van der Waals surface area contributed by atoms with E-state index in [4.69, 9.17) is 9.47 Å².